The van der Waals surface area contributed by atoms with Gasteiger partial charge >= 0.3 is 0 Å². The molecule has 0 radical (unpaired) electrons. The lowest BCUT2D eigenvalue weighted by Gasteiger charge is -2.12. The molecule has 6 heteroatoms. The van der Waals surface area contributed by atoms with E-state index in [1.807, 2.05) is 12.1 Å². The Kier molecular flexibility index (Phi) is 3.64. The van der Waals surface area contributed by atoms with Gasteiger partial charge in [0.2, 0.25) is 9.84 Å². The van der Waals surface area contributed by atoms with E-state index in [1.54, 1.807) is 24.3 Å². The van der Waals surface area contributed by atoms with Gasteiger partial charge in [-0.1, -0.05) is 18.2 Å². The molecule has 0 fully saturated rings. The van der Waals surface area contributed by atoms with Gasteiger partial charge < -0.3 is 14.8 Å². The molecule has 0 aliphatic heterocycles. The fraction of sp³-hybridized carbons (Fsp3) is 0.125. The summed E-state index contributed by atoms with van der Waals surface area (Å²) < 4.78 is 30.1. The molecule has 2 N–H and O–H groups in total. The number of aromatic nitrogens is 1. The molecule has 3 rings (SSSR count). The van der Waals surface area contributed by atoms with E-state index in [9.17, 15) is 13.5 Å². The number of para-hydroxylation sites is 1. The number of aliphatic hydroxyl groups is 1. The minimum absolute atomic E-state index is 0.0473. The number of ether oxygens (including phenoxy) is 1. The topological polar surface area (TPSA) is 79.4 Å². The lowest BCUT2D eigenvalue weighted by molar-refractivity contribution is 0.256. The number of aromatic amines is 1. The number of nitrogens with one attached hydrogen (secondary N) is 1. The molecule has 3 aromatic rings. The Hall–Kier alpha value is -2.31. The van der Waals surface area contributed by atoms with E-state index in [0.29, 0.717) is 16.7 Å². The summed E-state index contributed by atoms with van der Waals surface area (Å²) in [6.07, 6.45) is 1.52. The molecule has 0 aliphatic rings. The van der Waals surface area contributed by atoms with E-state index in [2.05, 4.69) is 4.98 Å². The van der Waals surface area contributed by atoms with Crippen LogP contribution in [-0.4, -0.2) is 25.6 Å². The number of H-pyrrole nitrogens is 1. The number of fused-ring (bicyclic) bond motifs is 1. The Bertz CT molecular complexity index is 897. The first-order chi connectivity index (χ1) is 10.5. The Morgan fingerprint density at radius 3 is 2.45 bits per heavy atom. The first-order valence-corrected chi connectivity index (χ1v) is 8.20. The van der Waals surface area contributed by atoms with Crippen molar-refractivity contribution in [3.05, 3.63) is 60.3 Å². The third kappa shape index (κ3) is 2.36. The third-order valence-electron chi connectivity index (χ3n) is 3.57. The highest BCUT2D eigenvalue weighted by atomic mass is 32.2. The third-order valence-corrected chi connectivity index (χ3v) is 5.34. The van der Waals surface area contributed by atoms with Gasteiger partial charge in [0.25, 0.3) is 0 Å². The van der Waals surface area contributed by atoms with Crippen LogP contribution >= 0.6 is 0 Å². The van der Waals surface area contributed by atoms with Crippen LogP contribution < -0.4 is 4.74 Å². The number of benzene rings is 2. The van der Waals surface area contributed by atoms with Crippen LogP contribution in [0.3, 0.4) is 0 Å². The molecule has 1 unspecified atom stereocenters. The Morgan fingerprint density at radius 2 is 1.77 bits per heavy atom. The molecule has 0 amide bonds. The van der Waals surface area contributed by atoms with Crippen LogP contribution in [0.1, 0.15) is 11.0 Å². The molecule has 1 aromatic heterocycles. The van der Waals surface area contributed by atoms with Crippen molar-refractivity contribution in [3.63, 3.8) is 0 Å². The van der Waals surface area contributed by atoms with Gasteiger partial charge in [0.15, 0.2) is 5.44 Å². The minimum Gasteiger partial charge on any atom is -0.497 e. The van der Waals surface area contributed by atoms with Crippen LogP contribution in [0, 0.1) is 0 Å². The van der Waals surface area contributed by atoms with Gasteiger partial charge in [0, 0.05) is 22.7 Å². The Labute approximate surface area is 128 Å². The highest BCUT2D eigenvalue weighted by Crippen LogP contribution is 2.32. The quantitative estimate of drug-likeness (QED) is 0.775. The monoisotopic (exact) mass is 317 g/mol. The summed E-state index contributed by atoms with van der Waals surface area (Å²) in [5, 5.41) is 11.1. The lowest BCUT2D eigenvalue weighted by Crippen LogP contribution is -2.12. The highest BCUT2D eigenvalue weighted by molar-refractivity contribution is 7.91. The van der Waals surface area contributed by atoms with Crippen molar-refractivity contribution < 1.29 is 18.3 Å². The van der Waals surface area contributed by atoms with Crippen LogP contribution in [-0.2, 0) is 9.84 Å². The molecule has 0 bridgehead atoms. The largest absolute Gasteiger partial charge is 0.497 e. The maximum atomic E-state index is 12.6. The zero-order valence-electron chi connectivity index (χ0n) is 11.9. The SMILES string of the molecule is COc1ccc(S(=O)(=O)C(O)c2c[nH]c3ccccc23)cc1. The molecule has 0 spiro atoms. The van der Waals surface area contributed by atoms with E-state index in [1.165, 1.54) is 25.4 Å². The molecular formula is C16H15NO4S. The van der Waals surface area contributed by atoms with Crippen LogP contribution in [0.15, 0.2) is 59.6 Å². The standard InChI is InChI=1S/C16H15NO4S/c1-21-11-6-8-12(9-7-11)22(19,20)16(18)14-10-17-15-5-3-2-4-13(14)15/h2-10,16-18H,1H3. The number of methoxy groups -OCH3 is 1. The zero-order valence-corrected chi connectivity index (χ0v) is 12.7. The summed E-state index contributed by atoms with van der Waals surface area (Å²) in [6, 6.07) is 13.2. The number of hydrogen-bond donors (Lipinski definition) is 2. The summed E-state index contributed by atoms with van der Waals surface area (Å²) in [5.41, 5.74) is -0.509. The lowest BCUT2D eigenvalue weighted by atomic mass is 10.2. The summed E-state index contributed by atoms with van der Waals surface area (Å²) in [5.74, 6) is 0.556. The van der Waals surface area contributed by atoms with E-state index in [4.69, 9.17) is 4.74 Å². The predicted molar refractivity (Wildman–Crippen MR) is 83.4 cm³/mol. The van der Waals surface area contributed by atoms with Crippen LogP contribution in [0.5, 0.6) is 5.75 Å². The van der Waals surface area contributed by atoms with Gasteiger partial charge in [0.05, 0.1) is 12.0 Å². The van der Waals surface area contributed by atoms with E-state index in [0.717, 1.165) is 5.52 Å². The average molecular weight is 317 g/mol. The highest BCUT2D eigenvalue weighted by Gasteiger charge is 2.28. The molecular weight excluding hydrogens is 302 g/mol. The summed E-state index contributed by atoms with van der Waals surface area (Å²) in [6.45, 7) is 0. The van der Waals surface area contributed by atoms with Crippen molar-refractivity contribution in [2.45, 2.75) is 10.3 Å². The van der Waals surface area contributed by atoms with Gasteiger partial charge in [0.1, 0.15) is 5.75 Å². The fourth-order valence-electron chi connectivity index (χ4n) is 2.36. The number of sulfone groups is 1. The van der Waals surface area contributed by atoms with Gasteiger partial charge in [-0.05, 0) is 30.3 Å². The summed E-state index contributed by atoms with van der Waals surface area (Å²) >= 11 is 0. The smallest absolute Gasteiger partial charge is 0.209 e. The van der Waals surface area contributed by atoms with Crippen molar-refractivity contribution in [3.8, 4) is 5.75 Å². The van der Waals surface area contributed by atoms with Crippen molar-refractivity contribution in [2.75, 3.05) is 7.11 Å². The molecule has 0 aliphatic carbocycles. The molecule has 0 saturated carbocycles. The Morgan fingerprint density at radius 1 is 1.09 bits per heavy atom. The number of hydrogen-bond acceptors (Lipinski definition) is 4. The van der Waals surface area contributed by atoms with Gasteiger partial charge in [-0.15, -0.1) is 0 Å². The van der Waals surface area contributed by atoms with Crippen molar-refractivity contribution in [1.82, 2.24) is 4.98 Å². The molecule has 1 heterocycles. The molecule has 114 valence electrons. The molecule has 22 heavy (non-hydrogen) atoms. The number of aliphatic hydroxyl groups excluding tert-OH is 1. The number of rotatable bonds is 4. The first kappa shape index (κ1) is 14.6. The predicted octanol–water partition coefficient (Wildman–Crippen LogP) is 2.64. The maximum Gasteiger partial charge on any atom is 0.209 e. The van der Waals surface area contributed by atoms with Crippen molar-refractivity contribution in [2.24, 2.45) is 0 Å². The zero-order chi connectivity index (χ0) is 15.7. The average Bonchev–Trinajstić information content (AvgIpc) is 2.98. The normalized spacial score (nSPS) is 13.2. The molecule has 1 atom stereocenters. The van der Waals surface area contributed by atoms with Crippen molar-refractivity contribution >= 4 is 20.7 Å². The van der Waals surface area contributed by atoms with E-state index >= 15 is 0 Å². The Balaban J connectivity index is 2.04. The second-order valence-corrected chi connectivity index (χ2v) is 6.87. The van der Waals surface area contributed by atoms with Crippen LogP contribution in [0.25, 0.3) is 10.9 Å². The second kappa shape index (κ2) is 5.47. The molecule has 5 nitrogen and oxygen atoms in total. The summed E-state index contributed by atoms with van der Waals surface area (Å²) in [4.78, 5) is 3.01. The van der Waals surface area contributed by atoms with E-state index in [-0.39, 0.29) is 4.90 Å². The second-order valence-electron chi connectivity index (χ2n) is 4.86. The minimum atomic E-state index is -3.90. The maximum absolute atomic E-state index is 12.6. The van der Waals surface area contributed by atoms with Crippen molar-refractivity contribution in [1.29, 1.82) is 0 Å². The van der Waals surface area contributed by atoms with Crippen LogP contribution in [0.4, 0.5) is 0 Å². The van der Waals surface area contributed by atoms with Gasteiger partial charge in [-0.25, -0.2) is 8.42 Å². The fourth-order valence-corrected chi connectivity index (χ4v) is 3.66. The molecule has 2 aromatic carbocycles. The van der Waals surface area contributed by atoms with E-state index < -0.39 is 15.3 Å². The van der Waals surface area contributed by atoms with Crippen LogP contribution in [0.2, 0.25) is 0 Å². The van der Waals surface area contributed by atoms with Gasteiger partial charge in [-0.3, -0.25) is 0 Å². The molecule has 0 saturated heterocycles. The first-order valence-electron chi connectivity index (χ1n) is 6.66. The van der Waals surface area contributed by atoms with Gasteiger partial charge in [-0.2, -0.15) is 0 Å². The summed E-state index contributed by atoms with van der Waals surface area (Å²) in [7, 11) is -2.39.